The van der Waals surface area contributed by atoms with E-state index >= 15 is 0 Å². The largest absolute Gasteiger partial charge is 0.454 e. The number of carbonyl (C=O) groups excluding carboxylic acids is 1. The Hall–Kier alpha value is -3.39. The Balaban J connectivity index is 1.41. The van der Waals surface area contributed by atoms with Gasteiger partial charge in [0.25, 0.3) is 0 Å². The summed E-state index contributed by atoms with van der Waals surface area (Å²) in [6, 6.07) is 10.2. The number of rotatable bonds is 4. The van der Waals surface area contributed by atoms with Crippen LogP contribution in [0, 0.1) is 44.3 Å². The summed E-state index contributed by atoms with van der Waals surface area (Å²) in [6.45, 7) is 6.02. The molecule has 0 amide bonds. The molecular formula is C27H26FNO3. The minimum atomic E-state index is -0.625. The average Bonchev–Trinajstić information content (AvgIpc) is 3.42. The summed E-state index contributed by atoms with van der Waals surface area (Å²) in [5, 5.41) is 4.13. The number of carbonyl (C=O) groups is 1. The van der Waals surface area contributed by atoms with Crippen molar-refractivity contribution in [3.63, 3.8) is 0 Å². The molecule has 3 aromatic rings. The normalized spacial score (nSPS) is 13.6. The van der Waals surface area contributed by atoms with Crippen LogP contribution in [0.5, 0.6) is 0 Å². The van der Waals surface area contributed by atoms with Crippen molar-refractivity contribution in [2.24, 2.45) is 5.92 Å². The molecule has 1 heterocycles. The maximum Gasteiger partial charge on any atom is 0.338 e. The van der Waals surface area contributed by atoms with Crippen LogP contribution >= 0.6 is 0 Å². The van der Waals surface area contributed by atoms with Gasteiger partial charge in [-0.3, -0.25) is 0 Å². The van der Waals surface area contributed by atoms with Gasteiger partial charge in [0.2, 0.25) is 0 Å². The Bertz CT molecular complexity index is 1190. The van der Waals surface area contributed by atoms with Crippen LogP contribution in [0.4, 0.5) is 4.39 Å². The third-order valence-electron chi connectivity index (χ3n) is 5.81. The average molecular weight is 432 g/mol. The van der Waals surface area contributed by atoms with Crippen molar-refractivity contribution in [1.82, 2.24) is 5.16 Å². The topological polar surface area (TPSA) is 52.3 Å². The highest BCUT2D eigenvalue weighted by molar-refractivity contribution is 5.89. The first-order chi connectivity index (χ1) is 15.4. The molecule has 2 aromatic carbocycles. The number of hydrogen-bond acceptors (Lipinski definition) is 4. The van der Waals surface area contributed by atoms with Crippen LogP contribution in [0.2, 0.25) is 0 Å². The van der Waals surface area contributed by atoms with E-state index in [0.717, 1.165) is 29.5 Å². The second-order valence-corrected chi connectivity index (χ2v) is 8.47. The van der Waals surface area contributed by atoms with Crippen molar-refractivity contribution in [1.29, 1.82) is 0 Å². The van der Waals surface area contributed by atoms with Gasteiger partial charge in [0.1, 0.15) is 11.5 Å². The van der Waals surface area contributed by atoms with Gasteiger partial charge in [0.15, 0.2) is 12.4 Å². The summed E-state index contributed by atoms with van der Waals surface area (Å²) in [5.41, 5.74) is 5.53. The predicted molar refractivity (Wildman–Crippen MR) is 121 cm³/mol. The molecule has 0 bridgehead atoms. The van der Waals surface area contributed by atoms with Crippen LogP contribution < -0.4 is 0 Å². The molecular weight excluding hydrogens is 405 g/mol. The molecule has 0 saturated heterocycles. The van der Waals surface area contributed by atoms with Gasteiger partial charge in [-0.05, 0) is 62.9 Å². The van der Waals surface area contributed by atoms with Gasteiger partial charge >= 0.3 is 5.97 Å². The Kier molecular flexibility index (Phi) is 6.41. The fourth-order valence-corrected chi connectivity index (χ4v) is 4.30. The molecule has 164 valence electrons. The molecule has 0 aliphatic heterocycles. The Morgan fingerprint density at radius 3 is 2.53 bits per heavy atom. The van der Waals surface area contributed by atoms with E-state index in [9.17, 15) is 9.18 Å². The van der Waals surface area contributed by atoms with Gasteiger partial charge in [0, 0.05) is 17.5 Å². The number of halogens is 1. The molecule has 4 rings (SSSR count). The quantitative estimate of drug-likeness (QED) is 0.359. The lowest BCUT2D eigenvalue weighted by Gasteiger charge is -2.07. The van der Waals surface area contributed by atoms with Crippen LogP contribution in [0.15, 0.2) is 40.9 Å². The highest BCUT2D eigenvalue weighted by Gasteiger charge is 2.16. The van der Waals surface area contributed by atoms with Crippen LogP contribution in [-0.4, -0.2) is 11.1 Å². The zero-order valence-corrected chi connectivity index (χ0v) is 18.6. The maximum atomic E-state index is 14.4. The van der Waals surface area contributed by atoms with Gasteiger partial charge in [-0.2, -0.15) is 0 Å². The van der Waals surface area contributed by atoms with E-state index in [1.807, 2.05) is 13.8 Å². The summed E-state index contributed by atoms with van der Waals surface area (Å²) in [6.07, 6.45) is 4.52. The van der Waals surface area contributed by atoms with Crippen molar-refractivity contribution in [3.05, 3.63) is 75.8 Å². The Labute approximate surface area is 187 Å². The molecule has 4 nitrogen and oxygen atoms in total. The molecule has 1 fully saturated rings. The zero-order valence-electron chi connectivity index (χ0n) is 18.6. The van der Waals surface area contributed by atoms with Crippen molar-refractivity contribution in [2.75, 3.05) is 0 Å². The summed E-state index contributed by atoms with van der Waals surface area (Å²) >= 11 is 0. The molecule has 1 aliphatic rings. The molecule has 0 unspecified atom stereocenters. The highest BCUT2D eigenvalue weighted by atomic mass is 19.1. The zero-order chi connectivity index (χ0) is 22.7. The highest BCUT2D eigenvalue weighted by Crippen LogP contribution is 2.28. The number of ether oxygens (including phenoxy) is 1. The molecule has 1 aromatic heterocycles. The standard InChI is InChI=1S/C27H26FNO3/c1-17-12-18(2)26(19(3)13-17)25-15-23(32-29-25)16-31-27(30)22-11-10-21(24(28)14-22)9-8-20-6-4-5-7-20/h10-15,20H,4-7,16H2,1-3H3. The minimum Gasteiger partial charge on any atom is -0.454 e. The van der Waals surface area contributed by atoms with Gasteiger partial charge < -0.3 is 9.26 Å². The Morgan fingerprint density at radius 2 is 1.84 bits per heavy atom. The first kappa shape index (κ1) is 21.8. The smallest absolute Gasteiger partial charge is 0.338 e. The molecule has 0 N–H and O–H groups in total. The Morgan fingerprint density at radius 1 is 1.12 bits per heavy atom. The summed E-state index contributed by atoms with van der Waals surface area (Å²) in [4.78, 5) is 12.4. The fourth-order valence-electron chi connectivity index (χ4n) is 4.30. The fraction of sp³-hybridized carbons (Fsp3) is 0.333. The molecule has 32 heavy (non-hydrogen) atoms. The monoisotopic (exact) mass is 431 g/mol. The van der Waals surface area contributed by atoms with E-state index in [2.05, 4.69) is 36.1 Å². The van der Waals surface area contributed by atoms with Gasteiger partial charge in [-0.25, -0.2) is 9.18 Å². The lowest BCUT2D eigenvalue weighted by molar-refractivity contribution is 0.0437. The van der Waals surface area contributed by atoms with E-state index in [4.69, 9.17) is 9.26 Å². The maximum absolute atomic E-state index is 14.4. The van der Waals surface area contributed by atoms with Crippen LogP contribution in [0.25, 0.3) is 11.3 Å². The number of nitrogens with zero attached hydrogens (tertiary/aromatic N) is 1. The van der Waals surface area contributed by atoms with Gasteiger partial charge in [0.05, 0.1) is 11.1 Å². The first-order valence-corrected chi connectivity index (χ1v) is 10.9. The van der Waals surface area contributed by atoms with Gasteiger partial charge in [-0.15, -0.1) is 0 Å². The molecule has 5 heteroatoms. The third kappa shape index (κ3) is 4.91. The number of esters is 1. The van der Waals surface area contributed by atoms with Crippen molar-refractivity contribution in [2.45, 2.75) is 53.1 Å². The third-order valence-corrected chi connectivity index (χ3v) is 5.81. The molecule has 1 saturated carbocycles. The second kappa shape index (κ2) is 9.40. The molecule has 0 atom stereocenters. The van der Waals surface area contributed by atoms with Crippen molar-refractivity contribution < 1.29 is 18.4 Å². The number of aryl methyl sites for hydroxylation is 3. The first-order valence-electron chi connectivity index (χ1n) is 10.9. The number of hydrogen-bond donors (Lipinski definition) is 0. The SMILES string of the molecule is Cc1cc(C)c(-c2cc(COC(=O)c3ccc(C#CC4CCCC4)c(F)c3)on2)c(C)c1. The summed E-state index contributed by atoms with van der Waals surface area (Å²) in [5.74, 6) is 5.67. The van der Waals surface area contributed by atoms with Crippen molar-refractivity contribution >= 4 is 5.97 Å². The number of aromatic nitrogens is 1. The lowest BCUT2D eigenvalue weighted by Crippen LogP contribution is -2.05. The van der Waals surface area contributed by atoms with Crippen molar-refractivity contribution in [3.8, 4) is 23.1 Å². The lowest BCUT2D eigenvalue weighted by atomic mass is 9.97. The van der Waals surface area contributed by atoms with E-state index in [1.54, 1.807) is 6.07 Å². The van der Waals surface area contributed by atoms with Crippen LogP contribution in [0.3, 0.4) is 0 Å². The van der Waals surface area contributed by atoms with E-state index in [1.165, 1.54) is 36.6 Å². The summed E-state index contributed by atoms with van der Waals surface area (Å²) in [7, 11) is 0. The molecule has 1 aliphatic carbocycles. The predicted octanol–water partition coefficient (Wildman–Crippen LogP) is 6.30. The number of benzene rings is 2. The van der Waals surface area contributed by atoms with Crippen LogP contribution in [-0.2, 0) is 11.3 Å². The van der Waals surface area contributed by atoms with E-state index in [0.29, 0.717) is 22.9 Å². The van der Waals surface area contributed by atoms with E-state index in [-0.39, 0.29) is 12.2 Å². The minimum absolute atomic E-state index is 0.0827. The molecule has 0 radical (unpaired) electrons. The van der Waals surface area contributed by atoms with Crippen LogP contribution in [0.1, 0.15) is 64.1 Å². The summed E-state index contributed by atoms with van der Waals surface area (Å²) < 4.78 is 25.1. The molecule has 0 spiro atoms. The van der Waals surface area contributed by atoms with E-state index < -0.39 is 11.8 Å². The second-order valence-electron chi connectivity index (χ2n) is 8.47. The van der Waals surface area contributed by atoms with Gasteiger partial charge in [-0.1, -0.05) is 47.5 Å².